The van der Waals surface area contributed by atoms with E-state index in [9.17, 15) is 0 Å². The van der Waals surface area contributed by atoms with Gasteiger partial charge in [0.25, 0.3) is 0 Å². The van der Waals surface area contributed by atoms with Crippen molar-refractivity contribution in [3.63, 3.8) is 0 Å². The molecule has 2 fully saturated rings. The maximum absolute atomic E-state index is 5.94. The number of halogens is 1. The van der Waals surface area contributed by atoms with Crippen LogP contribution in [0.1, 0.15) is 25.3 Å². The molecule has 1 aromatic carbocycles. The third-order valence-electron chi connectivity index (χ3n) is 4.37. The largest absolute Gasteiger partial charge is 0.298 e. The second kappa shape index (κ2) is 5.20. The highest BCUT2D eigenvalue weighted by molar-refractivity contribution is 6.30. The van der Waals surface area contributed by atoms with Gasteiger partial charge in [-0.15, -0.1) is 0 Å². The van der Waals surface area contributed by atoms with Gasteiger partial charge < -0.3 is 0 Å². The first kappa shape index (κ1) is 12.5. The molecular weight excluding hydrogens is 244 g/mol. The Morgan fingerprint density at radius 2 is 2.00 bits per heavy atom. The lowest BCUT2D eigenvalue weighted by Gasteiger charge is -2.42. The van der Waals surface area contributed by atoms with Gasteiger partial charge >= 0.3 is 0 Å². The summed E-state index contributed by atoms with van der Waals surface area (Å²) in [7, 11) is 0. The molecule has 0 amide bonds. The number of hydrogen-bond donors (Lipinski definition) is 0. The summed E-state index contributed by atoms with van der Waals surface area (Å²) in [5, 5.41) is 0.826. The summed E-state index contributed by atoms with van der Waals surface area (Å²) in [5.41, 5.74) is 1.37. The van der Waals surface area contributed by atoms with Crippen LogP contribution in [0.15, 0.2) is 24.3 Å². The lowest BCUT2D eigenvalue weighted by atomic mass is 10.1. The third kappa shape index (κ3) is 2.56. The standard InChI is InChI=1S/C15H21ClN2/c1-12-9-17-8-2-3-15(17)11-18(12)10-13-4-6-14(16)7-5-13/h4-7,12,15H,2-3,8-11H2,1H3. The number of nitrogens with zero attached hydrogens (tertiary/aromatic N) is 2. The van der Waals surface area contributed by atoms with E-state index >= 15 is 0 Å². The molecule has 2 aliphatic rings. The molecule has 18 heavy (non-hydrogen) atoms. The zero-order valence-corrected chi connectivity index (χ0v) is 11.7. The first-order chi connectivity index (χ1) is 8.72. The number of piperazine rings is 1. The van der Waals surface area contributed by atoms with Crippen molar-refractivity contribution in [1.82, 2.24) is 9.80 Å². The van der Waals surface area contributed by atoms with Crippen LogP contribution in [0, 0.1) is 0 Å². The Balaban J connectivity index is 1.66. The molecule has 2 atom stereocenters. The van der Waals surface area contributed by atoms with Crippen molar-refractivity contribution in [1.29, 1.82) is 0 Å². The Bertz CT molecular complexity index is 403. The summed E-state index contributed by atoms with van der Waals surface area (Å²) < 4.78 is 0. The third-order valence-corrected chi connectivity index (χ3v) is 4.62. The topological polar surface area (TPSA) is 6.48 Å². The summed E-state index contributed by atoms with van der Waals surface area (Å²) in [4.78, 5) is 5.29. The van der Waals surface area contributed by atoms with E-state index in [-0.39, 0.29) is 0 Å². The van der Waals surface area contributed by atoms with Crippen LogP contribution in [0.2, 0.25) is 5.02 Å². The fourth-order valence-electron chi connectivity index (χ4n) is 3.29. The molecule has 0 radical (unpaired) electrons. The SMILES string of the molecule is CC1CN2CCCC2CN1Cc1ccc(Cl)cc1. The minimum Gasteiger partial charge on any atom is -0.298 e. The van der Waals surface area contributed by atoms with Crippen molar-refractivity contribution in [2.24, 2.45) is 0 Å². The predicted molar refractivity (Wildman–Crippen MR) is 75.9 cm³/mol. The van der Waals surface area contributed by atoms with Crippen LogP contribution in [-0.4, -0.2) is 41.5 Å². The van der Waals surface area contributed by atoms with E-state index in [1.165, 1.54) is 38.0 Å². The van der Waals surface area contributed by atoms with E-state index in [1.54, 1.807) is 0 Å². The second-order valence-electron chi connectivity index (χ2n) is 5.70. The van der Waals surface area contributed by atoms with Gasteiger partial charge in [-0.1, -0.05) is 23.7 Å². The zero-order chi connectivity index (χ0) is 12.5. The van der Waals surface area contributed by atoms with Gasteiger partial charge in [-0.2, -0.15) is 0 Å². The quantitative estimate of drug-likeness (QED) is 0.810. The molecule has 2 aliphatic heterocycles. The predicted octanol–water partition coefficient (Wildman–Crippen LogP) is 3.01. The lowest BCUT2D eigenvalue weighted by molar-refractivity contribution is 0.0540. The Labute approximate surface area is 115 Å². The van der Waals surface area contributed by atoms with Crippen molar-refractivity contribution in [3.8, 4) is 0 Å². The lowest BCUT2D eigenvalue weighted by Crippen LogP contribution is -2.54. The molecule has 2 nitrogen and oxygen atoms in total. The smallest absolute Gasteiger partial charge is 0.0406 e. The van der Waals surface area contributed by atoms with Crippen LogP contribution in [0.4, 0.5) is 0 Å². The Morgan fingerprint density at radius 3 is 2.78 bits per heavy atom. The molecular formula is C15H21ClN2. The first-order valence-corrected chi connectivity index (χ1v) is 7.33. The van der Waals surface area contributed by atoms with E-state index in [1.807, 2.05) is 12.1 Å². The fourth-order valence-corrected chi connectivity index (χ4v) is 3.42. The van der Waals surface area contributed by atoms with Crippen LogP contribution in [0.3, 0.4) is 0 Å². The molecule has 0 N–H and O–H groups in total. The van der Waals surface area contributed by atoms with Crippen molar-refractivity contribution < 1.29 is 0 Å². The average Bonchev–Trinajstić information content (AvgIpc) is 2.79. The second-order valence-corrected chi connectivity index (χ2v) is 6.13. The number of rotatable bonds is 2. The number of fused-ring (bicyclic) bond motifs is 1. The number of hydrogen-bond acceptors (Lipinski definition) is 2. The van der Waals surface area contributed by atoms with Crippen LogP contribution in [0.25, 0.3) is 0 Å². The van der Waals surface area contributed by atoms with Gasteiger partial charge in [0.1, 0.15) is 0 Å². The molecule has 2 heterocycles. The molecule has 0 saturated carbocycles. The van der Waals surface area contributed by atoms with Crippen LogP contribution in [-0.2, 0) is 6.54 Å². The van der Waals surface area contributed by atoms with Gasteiger partial charge in [-0.25, -0.2) is 0 Å². The summed E-state index contributed by atoms with van der Waals surface area (Å²) in [5.74, 6) is 0. The zero-order valence-electron chi connectivity index (χ0n) is 11.0. The van der Waals surface area contributed by atoms with Crippen molar-refractivity contribution in [3.05, 3.63) is 34.9 Å². The summed E-state index contributed by atoms with van der Waals surface area (Å²) >= 11 is 5.94. The monoisotopic (exact) mass is 264 g/mol. The molecule has 1 aromatic rings. The highest BCUT2D eigenvalue weighted by Crippen LogP contribution is 2.25. The Kier molecular flexibility index (Phi) is 3.60. The Hall–Kier alpha value is -0.570. The average molecular weight is 265 g/mol. The molecule has 0 aliphatic carbocycles. The van der Waals surface area contributed by atoms with Gasteiger partial charge in [-0.05, 0) is 44.0 Å². The molecule has 0 spiro atoms. The summed E-state index contributed by atoms with van der Waals surface area (Å²) in [6.45, 7) is 7.18. The van der Waals surface area contributed by atoms with Crippen molar-refractivity contribution >= 4 is 11.6 Å². The van der Waals surface area contributed by atoms with Gasteiger partial charge in [0.15, 0.2) is 0 Å². The highest BCUT2D eigenvalue weighted by Gasteiger charge is 2.33. The van der Waals surface area contributed by atoms with Crippen molar-refractivity contribution in [2.75, 3.05) is 19.6 Å². The van der Waals surface area contributed by atoms with E-state index < -0.39 is 0 Å². The minimum atomic E-state index is 0.662. The normalized spacial score (nSPS) is 29.4. The highest BCUT2D eigenvalue weighted by atomic mass is 35.5. The molecule has 2 saturated heterocycles. The van der Waals surface area contributed by atoms with E-state index in [0.29, 0.717) is 6.04 Å². The van der Waals surface area contributed by atoms with Crippen LogP contribution < -0.4 is 0 Å². The van der Waals surface area contributed by atoms with E-state index in [0.717, 1.165) is 17.6 Å². The molecule has 3 rings (SSSR count). The molecule has 0 aromatic heterocycles. The number of benzene rings is 1. The van der Waals surface area contributed by atoms with Gasteiger partial charge in [0.2, 0.25) is 0 Å². The fraction of sp³-hybridized carbons (Fsp3) is 0.600. The molecule has 98 valence electrons. The van der Waals surface area contributed by atoms with Crippen molar-refractivity contribution in [2.45, 2.75) is 38.4 Å². The molecule has 2 unspecified atom stereocenters. The maximum Gasteiger partial charge on any atom is 0.0406 e. The maximum atomic E-state index is 5.94. The Morgan fingerprint density at radius 1 is 1.22 bits per heavy atom. The van der Waals surface area contributed by atoms with Gasteiger partial charge in [0.05, 0.1) is 0 Å². The van der Waals surface area contributed by atoms with Gasteiger partial charge in [0, 0.05) is 36.7 Å². The summed E-state index contributed by atoms with van der Waals surface area (Å²) in [6, 6.07) is 9.75. The van der Waals surface area contributed by atoms with Gasteiger partial charge in [-0.3, -0.25) is 9.80 Å². The molecule has 3 heteroatoms. The van der Waals surface area contributed by atoms with Crippen LogP contribution >= 0.6 is 11.6 Å². The summed E-state index contributed by atoms with van der Waals surface area (Å²) in [6.07, 6.45) is 2.76. The first-order valence-electron chi connectivity index (χ1n) is 6.95. The van der Waals surface area contributed by atoms with E-state index in [2.05, 4.69) is 28.9 Å². The van der Waals surface area contributed by atoms with Crippen LogP contribution in [0.5, 0.6) is 0 Å². The van der Waals surface area contributed by atoms with E-state index in [4.69, 9.17) is 11.6 Å². The molecule has 0 bridgehead atoms. The minimum absolute atomic E-state index is 0.662.